The Morgan fingerprint density at radius 3 is 2.92 bits per heavy atom. The van der Waals surface area contributed by atoms with E-state index < -0.39 is 5.60 Å². The fourth-order valence-electron chi connectivity index (χ4n) is 1.52. The second-order valence-corrected chi connectivity index (χ2v) is 4.27. The topological polar surface area (TPSA) is 44.3 Å². The molecule has 0 aromatic carbocycles. The van der Waals surface area contributed by atoms with Crippen molar-refractivity contribution < 1.29 is 5.11 Å². The third kappa shape index (κ3) is 4.07. The van der Waals surface area contributed by atoms with Crippen LogP contribution in [-0.4, -0.2) is 36.4 Å². The maximum atomic E-state index is 9.77. The third-order valence-electron chi connectivity index (χ3n) is 2.83. The van der Waals surface area contributed by atoms with Crippen molar-refractivity contribution in [2.24, 2.45) is 0 Å². The van der Waals surface area contributed by atoms with Crippen molar-refractivity contribution in [2.45, 2.75) is 44.8 Å². The summed E-state index contributed by atoms with van der Waals surface area (Å²) < 4.78 is 0. The molecule has 13 heavy (non-hydrogen) atoms. The zero-order valence-corrected chi connectivity index (χ0v) is 8.77. The molecule has 1 saturated heterocycles. The summed E-state index contributed by atoms with van der Waals surface area (Å²) >= 11 is 0. The van der Waals surface area contributed by atoms with Gasteiger partial charge >= 0.3 is 0 Å². The molecule has 0 saturated carbocycles. The van der Waals surface area contributed by atoms with E-state index in [0.29, 0.717) is 12.6 Å². The van der Waals surface area contributed by atoms with Gasteiger partial charge in [-0.05, 0) is 32.7 Å². The number of nitrogens with one attached hydrogen (secondary N) is 2. The number of hydrogen-bond donors (Lipinski definition) is 3. The maximum Gasteiger partial charge on any atom is 0.0741 e. The fraction of sp³-hybridized carbons (Fsp3) is 1.00. The van der Waals surface area contributed by atoms with Crippen LogP contribution in [0, 0.1) is 0 Å². The molecule has 1 rings (SSSR count). The molecule has 0 aromatic heterocycles. The molecule has 1 aliphatic rings. The van der Waals surface area contributed by atoms with Gasteiger partial charge in [0.15, 0.2) is 0 Å². The van der Waals surface area contributed by atoms with E-state index in [0.717, 1.165) is 19.5 Å². The first kappa shape index (κ1) is 11.0. The summed E-state index contributed by atoms with van der Waals surface area (Å²) in [5.74, 6) is 0. The van der Waals surface area contributed by atoms with Gasteiger partial charge in [-0.1, -0.05) is 6.92 Å². The lowest BCUT2D eigenvalue weighted by Crippen LogP contribution is -2.48. The number of aliphatic hydroxyl groups is 1. The highest BCUT2D eigenvalue weighted by atomic mass is 16.3. The standard InChI is InChI=1S/C10H22N2O/c1-3-10(2,13)8-12-9-5-4-6-11-7-9/h9,11-13H,3-8H2,1-2H3. The molecule has 1 heterocycles. The Bertz CT molecular complexity index is 142. The van der Waals surface area contributed by atoms with Crippen LogP contribution in [0.4, 0.5) is 0 Å². The lowest BCUT2D eigenvalue weighted by atomic mass is 10.0. The van der Waals surface area contributed by atoms with Gasteiger partial charge in [0.05, 0.1) is 5.60 Å². The van der Waals surface area contributed by atoms with Crippen LogP contribution in [0.2, 0.25) is 0 Å². The van der Waals surface area contributed by atoms with E-state index in [-0.39, 0.29) is 0 Å². The largest absolute Gasteiger partial charge is 0.389 e. The van der Waals surface area contributed by atoms with Crippen molar-refractivity contribution in [1.82, 2.24) is 10.6 Å². The van der Waals surface area contributed by atoms with Crippen molar-refractivity contribution in [3.8, 4) is 0 Å². The van der Waals surface area contributed by atoms with E-state index >= 15 is 0 Å². The quantitative estimate of drug-likeness (QED) is 0.598. The van der Waals surface area contributed by atoms with Gasteiger partial charge in [-0.3, -0.25) is 0 Å². The van der Waals surface area contributed by atoms with Gasteiger partial charge in [0, 0.05) is 19.1 Å². The van der Waals surface area contributed by atoms with E-state index in [1.807, 2.05) is 13.8 Å². The molecule has 1 fully saturated rings. The Labute approximate surface area is 80.9 Å². The van der Waals surface area contributed by atoms with Crippen molar-refractivity contribution in [2.75, 3.05) is 19.6 Å². The number of rotatable bonds is 4. The lowest BCUT2D eigenvalue weighted by Gasteiger charge is -2.28. The van der Waals surface area contributed by atoms with Gasteiger partial charge in [0.25, 0.3) is 0 Å². The molecular formula is C10H22N2O. The third-order valence-corrected chi connectivity index (χ3v) is 2.83. The smallest absolute Gasteiger partial charge is 0.0741 e. The van der Waals surface area contributed by atoms with Crippen LogP contribution in [0.15, 0.2) is 0 Å². The molecule has 0 aliphatic carbocycles. The van der Waals surface area contributed by atoms with Gasteiger partial charge in [-0.25, -0.2) is 0 Å². The second kappa shape index (κ2) is 4.94. The molecule has 3 heteroatoms. The average molecular weight is 186 g/mol. The van der Waals surface area contributed by atoms with Gasteiger partial charge in [-0.2, -0.15) is 0 Å². The Kier molecular flexibility index (Phi) is 4.16. The van der Waals surface area contributed by atoms with Gasteiger partial charge in [-0.15, -0.1) is 0 Å². The molecule has 3 N–H and O–H groups in total. The summed E-state index contributed by atoms with van der Waals surface area (Å²) in [6, 6.07) is 0.548. The molecule has 0 amide bonds. The number of hydrogen-bond acceptors (Lipinski definition) is 3. The summed E-state index contributed by atoms with van der Waals surface area (Å²) in [5.41, 5.74) is -0.544. The van der Waals surface area contributed by atoms with E-state index in [2.05, 4.69) is 10.6 Å². The van der Waals surface area contributed by atoms with Crippen molar-refractivity contribution in [3.05, 3.63) is 0 Å². The molecular weight excluding hydrogens is 164 g/mol. The Morgan fingerprint density at radius 2 is 2.38 bits per heavy atom. The second-order valence-electron chi connectivity index (χ2n) is 4.27. The summed E-state index contributed by atoms with van der Waals surface area (Å²) in [4.78, 5) is 0. The molecule has 78 valence electrons. The van der Waals surface area contributed by atoms with Crippen LogP contribution in [-0.2, 0) is 0 Å². The first-order valence-corrected chi connectivity index (χ1v) is 5.30. The highest BCUT2D eigenvalue weighted by molar-refractivity contribution is 4.80. The van der Waals surface area contributed by atoms with E-state index in [1.54, 1.807) is 0 Å². The Balaban J connectivity index is 2.17. The minimum Gasteiger partial charge on any atom is -0.389 e. The molecule has 0 bridgehead atoms. The predicted octanol–water partition coefficient (Wildman–Crippen LogP) is 0.489. The van der Waals surface area contributed by atoms with Crippen molar-refractivity contribution in [1.29, 1.82) is 0 Å². The normalized spacial score (nSPS) is 28.4. The molecule has 2 unspecified atom stereocenters. The minimum absolute atomic E-state index is 0.544. The average Bonchev–Trinajstić information content (AvgIpc) is 2.17. The van der Waals surface area contributed by atoms with Crippen molar-refractivity contribution >= 4 is 0 Å². The minimum atomic E-state index is -0.544. The Morgan fingerprint density at radius 1 is 1.62 bits per heavy atom. The number of piperidine rings is 1. The first-order chi connectivity index (χ1) is 6.14. The fourth-order valence-corrected chi connectivity index (χ4v) is 1.52. The molecule has 0 aromatic rings. The molecule has 2 atom stereocenters. The monoisotopic (exact) mass is 186 g/mol. The summed E-state index contributed by atoms with van der Waals surface area (Å²) in [7, 11) is 0. The van der Waals surface area contributed by atoms with Crippen LogP contribution in [0.3, 0.4) is 0 Å². The first-order valence-electron chi connectivity index (χ1n) is 5.30. The summed E-state index contributed by atoms with van der Waals surface area (Å²) in [5, 5.41) is 16.5. The van der Waals surface area contributed by atoms with E-state index in [9.17, 15) is 5.11 Å². The van der Waals surface area contributed by atoms with Gasteiger partial charge < -0.3 is 15.7 Å². The molecule has 1 aliphatic heterocycles. The molecule has 0 spiro atoms. The van der Waals surface area contributed by atoms with Crippen LogP contribution >= 0.6 is 0 Å². The highest BCUT2D eigenvalue weighted by Gasteiger charge is 2.20. The van der Waals surface area contributed by atoms with Gasteiger partial charge in [0.1, 0.15) is 0 Å². The van der Waals surface area contributed by atoms with Gasteiger partial charge in [0.2, 0.25) is 0 Å². The highest BCUT2D eigenvalue weighted by Crippen LogP contribution is 2.08. The SMILES string of the molecule is CCC(C)(O)CNC1CCCNC1. The Hall–Kier alpha value is -0.120. The van der Waals surface area contributed by atoms with Crippen LogP contribution in [0.5, 0.6) is 0 Å². The van der Waals surface area contributed by atoms with Crippen LogP contribution < -0.4 is 10.6 Å². The van der Waals surface area contributed by atoms with E-state index in [1.165, 1.54) is 12.8 Å². The van der Waals surface area contributed by atoms with Crippen molar-refractivity contribution in [3.63, 3.8) is 0 Å². The zero-order chi connectivity index (χ0) is 9.73. The lowest BCUT2D eigenvalue weighted by molar-refractivity contribution is 0.0519. The zero-order valence-electron chi connectivity index (χ0n) is 8.77. The molecule has 0 radical (unpaired) electrons. The summed E-state index contributed by atoms with van der Waals surface area (Å²) in [6.45, 7) is 6.79. The maximum absolute atomic E-state index is 9.77. The van der Waals surface area contributed by atoms with Crippen LogP contribution in [0.1, 0.15) is 33.1 Å². The van der Waals surface area contributed by atoms with Crippen LogP contribution in [0.25, 0.3) is 0 Å². The predicted molar refractivity (Wildman–Crippen MR) is 54.8 cm³/mol. The summed E-state index contributed by atoms with van der Waals surface area (Å²) in [6.07, 6.45) is 3.28. The van der Waals surface area contributed by atoms with E-state index in [4.69, 9.17) is 0 Å². The molecule has 3 nitrogen and oxygen atoms in total.